The van der Waals surface area contributed by atoms with Crippen LogP contribution < -0.4 is 5.32 Å². The number of aryl methyl sites for hydroxylation is 1. The summed E-state index contributed by atoms with van der Waals surface area (Å²) in [6.45, 7) is 5.49. The molecule has 108 valence electrons. The van der Waals surface area contributed by atoms with Gasteiger partial charge in [0.2, 0.25) is 5.95 Å². The molecule has 5 heteroatoms. The van der Waals surface area contributed by atoms with Crippen molar-refractivity contribution in [3.63, 3.8) is 0 Å². The topological polar surface area (TPSA) is 45.5 Å². The van der Waals surface area contributed by atoms with Crippen LogP contribution in [0.5, 0.6) is 0 Å². The fourth-order valence-electron chi connectivity index (χ4n) is 2.80. The highest BCUT2D eigenvalue weighted by atomic mass is 15.3. The molecule has 0 amide bonds. The van der Waals surface area contributed by atoms with E-state index < -0.39 is 0 Å². The molecule has 1 fully saturated rings. The number of anilines is 1. The Morgan fingerprint density at radius 3 is 2.90 bits per heavy atom. The van der Waals surface area contributed by atoms with Crippen molar-refractivity contribution in [2.24, 2.45) is 5.92 Å². The molecule has 0 unspecified atom stereocenters. The van der Waals surface area contributed by atoms with E-state index in [1.807, 2.05) is 16.8 Å². The van der Waals surface area contributed by atoms with Crippen LogP contribution in [0.25, 0.3) is 5.65 Å². The van der Waals surface area contributed by atoms with Crippen molar-refractivity contribution >= 4 is 11.6 Å². The lowest BCUT2D eigenvalue weighted by atomic mass is 9.94. The monoisotopic (exact) mass is 273 g/mol. The van der Waals surface area contributed by atoms with Crippen LogP contribution in [0.1, 0.15) is 24.8 Å². The Kier molecular flexibility index (Phi) is 3.87. The Hall–Kier alpha value is -1.62. The van der Waals surface area contributed by atoms with E-state index in [1.54, 1.807) is 0 Å². The second kappa shape index (κ2) is 5.79. The smallest absolute Gasteiger partial charge is 0.243 e. The number of likely N-dealkylation sites (tertiary alicyclic amines) is 1. The number of nitrogens with zero attached hydrogens (tertiary/aromatic N) is 4. The first-order chi connectivity index (χ1) is 9.70. The number of fused-ring (bicyclic) bond motifs is 1. The minimum Gasteiger partial charge on any atom is -0.353 e. The van der Waals surface area contributed by atoms with Crippen LogP contribution in [0.3, 0.4) is 0 Å². The van der Waals surface area contributed by atoms with Gasteiger partial charge in [-0.05, 0) is 63.9 Å². The number of pyridine rings is 1. The van der Waals surface area contributed by atoms with Crippen molar-refractivity contribution in [2.75, 3.05) is 32.0 Å². The zero-order valence-electron chi connectivity index (χ0n) is 12.3. The third-order valence-corrected chi connectivity index (χ3v) is 4.15. The van der Waals surface area contributed by atoms with Gasteiger partial charge in [0.15, 0.2) is 5.65 Å². The Morgan fingerprint density at radius 2 is 2.10 bits per heavy atom. The van der Waals surface area contributed by atoms with E-state index >= 15 is 0 Å². The van der Waals surface area contributed by atoms with Crippen molar-refractivity contribution in [1.82, 2.24) is 19.5 Å². The van der Waals surface area contributed by atoms with Gasteiger partial charge in [-0.25, -0.2) is 4.52 Å². The van der Waals surface area contributed by atoms with Gasteiger partial charge in [0.1, 0.15) is 0 Å². The normalized spacial score (nSPS) is 17.7. The number of nitrogens with one attached hydrogen (secondary N) is 1. The molecule has 3 heterocycles. The van der Waals surface area contributed by atoms with Gasteiger partial charge in [-0.2, -0.15) is 4.98 Å². The lowest BCUT2D eigenvalue weighted by molar-refractivity contribution is 0.215. The number of piperidine rings is 1. The van der Waals surface area contributed by atoms with Crippen molar-refractivity contribution in [3.8, 4) is 0 Å². The van der Waals surface area contributed by atoms with Crippen molar-refractivity contribution in [3.05, 3.63) is 23.9 Å². The van der Waals surface area contributed by atoms with Crippen LogP contribution in [-0.4, -0.2) is 46.2 Å². The van der Waals surface area contributed by atoms with E-state index in [0.717, 1.165) is 24.1 Å². The molecular weight excluding hydrogens is 250 g/mol. The molecule has 0 bridgehead atoms. The lowest BCUT2D eigenvalue weighted by Gasteiger charge is -2.28. The predicted molar refractivity (Wildman–Crippen MR) is 81.1 cm³/mol. The molecule has 0 aromatic carbocycles. The fourth-order valence-corrected chi connectivity index (χ4v) is 2.80. The number of hydrogen-bond donors (Lipinski definition) is 1. The summed E-state index contributed by atoms with van der Waals surface area (Å²) in [7, 11) is 2.21. The van der Waals surface area contributed by atoms with Crippen molar-refractivity contribution in [2.45, 2.75) is 26.2 Å². The Labute approximate surface area is 120 Å². The molecule has 1 N–H and O–H groups in total. The molecule has 1 saturated heterocycles. The molecule has 1 aliphatic rings. The minimum absolute atomic E-state index is 0.739. The number of aromatic nitrogens is 3. The van der Waals surface area contributed by atoms with Gasteiger partial charge in [0.25, 0.3) is 0 Å². The highest BCUT2D eigenvalue weighted by molar-refractivity contribution is 5.43. The number of hydrogen-bond acceptors (Lipinski definition) is 4. The van der Waals surface area contributed by atoms with Gasteiger partial charge < -0.3 is 10.2 Å². The molecule has 3 rings (SSSR count). The van der Waals surface area contributed by atoms with Gasteiger partial charge >= 0.3 is 0 Å². The summed E-state index contributed by atoms with van der Waals surface area (Å²) in [6, 6.07) is 4.07. The summed E-state index contributed by atoms with van der Waals surface area (Å²) in [4.78, 5) is 6.89. The summed E-state index contributed by atoms with van der Waals surface area (Å²) >= 11 is 0. The van der Waals surface area contributed by atoms with Crippen LogP contribution in [0.4, 0.5) is 5.95 Å². The first-order valence-electron chi connectivity index (χ1n) is 7.46. The van der Waals surface area contributed by atoms with E-state index in [1.165, 1.54) is 37.9 Å². The molecule has 0 spiro atoms. The molecule has 2 aromatic rings. The van der Waals surface area contributed by atoms with Crippen molar-refractivity contribution < 1.29 is 0 Å². The van der Waals surface area contributed by atoms with Gasteiger partial charge in [-0.15, -0.1) is 5.10 Å². The second-order valence-corrected chi connectivity index (χ2v) is 5.91. The molecule has 0 atom stereocenters. The zero-order valence-corrected chi connectivity index (χ0v) is 12.3. The molecule has 0 radical (unpaired) electrons. The first-order valence-corrected chi connectivity index (χ1v) is 7.46. The number of rotatable bonds is 4. The quantitative estimate of drug-likeness (QED) is 0.927. The van der Waals surface area contributed by atoms with E-state index in [9.17, 15) is 0 Å². The maximum absolute atomic E-state index is 4.48. The standard InChI is InChI=1S/C15H23N5/c1-12-3-4-14-17-15(18-20(14)11-12)16-8-5-13-6-9-19(2)10-7-13/h3-4,11,13H,5-10H2,1-2H3,(H,16,18). The first kappa shape index (κ1) is 13.4. The van der Waals surface area contributed by atoms with Gasteiger partial charge in [0.05, 0.1) is 0 Å². The summed E-state index contributed by atoms with van der Waals surface area (Å²) in [5, 5.41) is 7.81. The highest BCUT2D eigenvalue weighted by Crippen LogP contribution is 2.19. The summed E-state index contributed by atoms with van der Waals surface area (Å²) in [6.07, 6.45) is 5.85. The Morgan fingerprint density at radius 1 is 1.30 bits per heavy atom. The molecule has 0 aliphatic carbocycles. The third-order valence-electron chi connectivity index (χ3n) is 4.15. The lowest BCUT2D eigenvalue weighted by Crippen LogP contribution is -2.30. The van der Waals surface area contributed by atoms with E-state index in [-0.39, 0.29) is 0 Å². The molecular formula is C15H23N5. The fraction of sp³-hybridized carbons (Fsp3) is 0.600. The molecule has 5 nitrogen and oxygen atoms in total. The maximum atomic E-state index is 4.48. The highest BCUT2D eigenvalue weighted by Gasteiger charge is 2.16. The Balaban J connectivity index is 1.52. The van der Waals surface area contributed by atoms with Crippen molar-refractivity contribution in [1.29, 1.82) is 0 Å². The average Bonchev–Trinajstić information content (AvgIpc) is 2.83. The van der Waals surface area contributed by atoms with Crippen LogP contribution >= 0.6 is 0 Å². The summed E-state index contributed by atoms with van der Waals surface area (Å²) in [5.74, 6) is 1.58. The van der Waals surface area contributed by atoms with E-state index in [0.29, 0.717) is 0 Å². The predicted octanol–water partition coefficient (Wildman–Crippen LogP) is 2.18. The average molecular weight is 273 g/mol. The van der Waals surface area contributed by atoms with Crippen LogP contribution in [0, 0.1) is 12.8 Å². The van der Waals surface area contributed by atoms with Gasteiger partial charge in [0, 0.05) is 12.7 Å². The largest absolute Gasteiger partial charge is 0.353 e. The zero-order chi connectivity index (χ0) is 13.9. The van der Waals surface area contributed by atoms with Gasteiger partial charge in [-0.3, -0.25) is 0 Å². The van der Waals surface area contributed by atoms with Crippen LogP contribution in [0.15, 0.2) is 18.3 Å². The van der Waals surface area contributed by atoms with E-state index in [4.69, 9.17) is 0 Å². The SMILES string of the molecule is Cc1ccc2nc(NCCC3CCN(C)CC3)nn2c1. The summed E-state index contributed by atoms with van der Waals surface area (Å²) < 4.78 is 1.84. The molecule has 1 aliphatic heterocycles. The summed E-state index contributed by atoms with van der Waals surface area (Å²) in [5.41, 5.74) is 2.10. The Bertz CT molecular complexity index is 569. The van der Waals surface area contributed by atoms with Crippen LogP contribution in [0.2, 0.25) is 0 Å². The maximum Gasteiger partial charge on any atom is 0.243 e. The van der Waals surface area contributed by atoms with E-state index in [2.05, 4.69) is 40.3 Å². The minimum atomic E-state index is 0.739. The second-order valence-electron chi connectivity index (χ2n) is 5.91. The molecule has 0 saturated carbocycles. The molecule has 20 heavy (non-hydrogen) atoms. The van der Waals surface area contributed by atoms with Crippen LogP contribution in [-0.2, 0) is 0 Å². The van der Waals surface area contributed by atoms with Gasteiger partial charge in [-0.1, -0.05) is 6.07 Å². The molecule has 2 aromatic heterocycles. The third kappa shape index (κ3) is 3.10.